The Kier molecular flexibility index (Phi) is 9.22. The van der Waals surface area contributed by atoms with E-state index in [9.17, 15) is 0 Å². The molecule has 2 aromatic carbocycles. The third-order valence-electron chi connectivity index (χ3n) is 3.83. The first-order valence-corrected chi connectivity index (χ1v) is 9.57. The number of hydrogen-bond acceptors (Lipinski definition) is 3. The number of para-hydroxylation sites is 2. The lowest BCUT2D eigenvalue weighted by atomic mass is 10.2. The van der Waals surface area contributed by atoms with E-state index in [4.69, 9.17) is 17.0 Å². The normalized spacial score (nSPS) is 10.7. The van der Waals surface area contributed by atoms with Gasteiger partial charge in [0.15, 0.2) is 5.11 Å². The molecule has 0 saturated heterocycles. The zero-order valence-corrected chi connectivity index (χ0v) is 16.1. The van der Waals surface area contributed by atoms with E-state index in [-0.39, 0.29) is 0 Å². The van der Waals surface area contributed by atoms with E-state index >= 15 is 0 Å². The number of nitrogens with zero attached hydrogens (tertiary/aromatic N) is 1. The highest BCUT2D eigenvalue weighted by Crippen LogP contribution is 2.16. The first kappa shape index (κ1) is 19.9. The van der Waals surface area contributed by atoms with Gasteiger partial charge in [-0.05, 0) is 42.9 Å². The van der Waals surface area contributed by atoms with Crippen LogP contribution in [0, 0.1) is 0 Å². The van der Waals surface area contributed by atoms with Crippen LogP contribution >= 0.6 is 12.2 Å². The number of nitrogens with one attached hydrogen (secondary N) is 2. The van der Waals surface area contributed by atoms with Gasteiger partial charge in [0.2, 0.25) is 0 Å². The lowest BCUT2D eigenvalue weighted by Crippen LogP contribution is -2.23. The van der Waals surface area contributed by atoms with Crippen molar-refractivity contribution < 1.29 is 4.74 Å². The summed E-state index contributed by atoms with van der Waals surface area (Å²) in [4.78, 5) is 0. The molecule has 2 N–H and O–H groups in total. The summed E-state index contributed by atoms with van der Waals surface area (Å²) in [6, 6.07) is 17.6. The predicted octanol–water partition coefficient (Wildman–Crippen LogP) is 5.36. The van der Waals surface area contributed by atoms with Gasteiger partial charge in [0.25, 0.3) is 0 Å². The van der Waals surface area contributed by atoms with Crippen molar-refractivity contribution in [1.29, 1.82) is 0 Å². The van der Waals surface area contributed by atoms with Gasteiger partial charge in [-0.1, -0.05) is 62.9 Å². The average Bonchev–Trinajstić information content (AvgIpc) is 2.66. The van der Waals surface area contributed by atoms with Gasteiger partial charge in [-0.3, -0.25) is 5.43 Å². The van der Waals surface area contributed by atoms with Crippen molar-refractivity contribution in [3.8, 4) is 5.75 Å². The van der Waals surface area contributed by atoms with Gasteiger partial charge >= 0.3 is 0 Å². The highest BCUT2D eigenvalue weighted by Gasteiger charge is 2.01. The lowest BCUT2D eigenvalue weighted by Gasteiger charge is -2.09. The summed E-state index contributed by atoms with van der Waals surface area (Å²) >= 11 is 5.24. The number of benzene rings is 2. The fraction of sp³-hybridized carbons (Fsp3) is 0.333. The number of hydrogen-bond donors (Lipinski definition) is 2. The van der Waals surface area contributed by atoms with Crippen molar-refractivity contribution >= 4 is 29.2 Å². The largest absolute Gasteiger partial charge is 0.493 e. The molecule has 0 atom stereocenters. The lowest BCUT2D eigenvalue weighted by molar-refractivity contribution is 0.304. The van der Waals surface area contributed by atoms with Crippen LogP contribution in [-0.2, 0) is 0 Å². The van der Waals surface area contributed by atoms with Crippen molar-refractivity contribution in [1.82, 2.24) is 5.43 Å². The number of ether oxygens (including phenoxy) is 1. The monoisotopic (exact) mass is 369 g/mol. The summed E-state index contributed by atoms with van der Waals surface area (Å²) in [5, 5.41) is 7.73. The van der Waals surface area contributed by atoms with Gasteiger partial charge in [0.05, 0.1) is 12.8 Å². The summed E-state index contributed by atoms with van der Waals surface area (Å²) in [6.07, 6.45) is 7.85. The van der Waals surface area contributed by atoms with E-state index in [2.05, 4.69) is 22.8 Å². The molecule has 0 spiro atoms. The van der Waals surface area contributed by atoms with E-state index in [1.54, 1.807) is 6.21 Å². The van der Waals surface area contributed by atoms with Crippen LogP contribution in [0.15, 0.2) is 59.7 Å². The number of thiocarbonyl (C=S) groups is 1. The van der Waals surface area contributed by atoms with Crippen molar-refractivity contribution in [3.63, 3.8) is 0 Å². The fourth-order valence-corrected chi connectivity index (χ4v) is 2.62. The maximum absolute atomic E-state index is 5.90. The fourth-order valence-electron chi connectivity index (χ4n) is 2.45. The Morgan fingerprint density at radius 3 is 2.54 bits per heavy atom. The standard InChI is InChI=1S/C21H27N3OS/c1-2-3-4-5-11-16-25-20-15-10-9-12-18(20)17-22-24-21(26)23-19-13-7-6-8-14-19/h6-10,12-15,17H,2-5,11,16H2,1H3,(H2,23,24,26)/b22-17+. The van der Waals surface area contributed by atoms with Crippen LogP contribution in [0.25, 0.3) is 0 Å². The summed E-state index contributed by atoms with van der Waals surface area (Å²) < 4.78 is 5.90. The third-order valence-corrected chi connectivity index (χ3v) is 4.02. The van der Waals surface area contributed by atoms with Crippen molar-refractivity contribution in [2.24, 2.45) is 5.10 Å². The van der Waals surface area contributed by atoms with Crippen LogP contribution in [0.3, 0.4) is 0 Å². The Bertz CT molecular complexity index is 689. The maximum atomic E-state index is 5.90. The molecule has 0 aliphatic heterocycles. The topological polar surface area (TPSA) is 45.6 Å². The minimum absolute atomic E-state index is 0.446. The Morgan fingerprint density at radius 2 is 1.73 bits per heavy atom. The molecule has 2 rings (SSSR count). The minimum atomic E-state index is 0.446. The summed E-state index contributed by atoms with van der Waals surface area (Å²) in [5.74, 6) is 0.843. The van der Waals surface area contributed by atoms with Gasteiger partial charge in [0, 0.05) is 11.3 Å². The molecule has 0 radical (unpaired) electrons. The number of unbranched alkanes of at least 4 members (excludes halogenated alkanes) is 4. The Labute approximate surface area is 161 Å². The predicted molar refractivity (Wildman–Crippen MR) is 114 cm³/mol. The molecule has 0 saturated carbocycles. The van der Waals surface area contributed by atoms with E-state index in [1.807, 2.05) is 54.6 Å². The van der Waals surface area contributed by atoms with E-state index in [0.717, 1.165) is 30.0 Å². The molecule has 0 bridgehead atoms. The Balaban J connectivity index is 1.79. The molecule has 4 nitrogen and oxygen atoms in total. The zero-order chi connectivity index (χ0) is 18.5. The SMILES string of the molecule is CCCCCCCOc1ccccc1/C=N/NC(=S)Nc1ccccc1. The van der Waals surface area contributed by atoms with Gasteiger partial charge < -0.3 is 10.1 Å². The van der Waals surface area contributed by atoms with Crippen molar-refractivity contribution in [2.75, 3.05) is 11.9 Å². The first-order valence-electron chi connectivity index (χ1n) is 9.16. The van der Waals surface area contributed by atoms with Crippen molar-refractivity contribution in [2.45, 2.75) is 39.0 Å². The molecule has 0 aliphatic carbocycles. The molecule has 0 heterocycles. The zero-order valence-electron chi connectivity index (χ0n) is 15.3. The average molecular weight is 370 g/mol. The third kappa shape index (κ3) is 7.66. The number of hydrazone groups is 1. The van der Waals surface area contributed by atoms with E-state index < -0.39 is 0 Å². The van der Waals surface area contributed by atoms with Crippen LogP contribution in [0.1, 0.15) is 44.6 Å². The van der Waals surface area contributed by atoms with Gasteiger partial charge in [0.1, 0.15) is 5.75 Å². The van der Waals surface area contributed by atoms with Crippen LogP contribution < -0.4 is 15.5 Å². The summed E-state index contributed by atoms with van der Waals surface area (Å²) in [5.41, 5.74) is 4.68. The maximum Gasteiger partial charge on any atom is 0.191 e. The van der Waals surface area contributed by atoms with E-state index in [1.165, 1.54) is 25.7 Å². The first-order chi connectivity index (χ1) is 12.8. The molecule has 0 aliphatic rings. The molecular weight excluding hydrogens is 342 g/mol. The minimum Gasteiger partial charge on any atom is -0.493 e. The second-order valence-electron chi connectivity index (χ2n) is 5.99. The van der Waals surface area contributed by atoms with Gasteiger partial charge in [-0.25, -0.2) is 0 Å². The van der Waals surface area contributed by atoms with E-state index in [0.29, 0.717) is 5.11 Å². The number of rotatable bonds is 10. The highest BCUT2D eigenvalue weighted by molar-refractivity contribution is 7.80. The van der Waals surface area contributed by atoms with Gasteiger partial charge in [-0.2, -0.15) is 5.10 Å². The van der Waals surface area contributed by atoms with Crippen molar-refractivity contribution in [3.05, 3.63) is 60.2 Å². The van der Waals surface area contributed by atoms with Crippen LogP contribution in [0.4, 0.5) is 5.69 Å². The molecule has 0 unspecified atom stereocenters. The molecule has 138 valence electrons. The molecule has 0 amide bonds. The second-order valence-corrected chi connectivity index (χ2v) is 6.40. The molecular formula is C21H27N3OS. The summed E-state index contributed by atoms with van der Waals surface area (Å²) in [6.45, 7) is 2.96. The quantitative estimate of drug-likeness (QED) is 0.256. The second kappa shape index (κ2) is 12.0. The Hall–Kier alpha value is -2.40. The Morgan fingerprint density at radius 1 is 1.00 bits per heavy atom. The molecule has 26 heavy (non-hydrogen) atoms. The summed E-state index contributed by atoms with van der Waals surface area (Å²) in [7, 11) is 0. The van der Waals surface area contributed by atoms with Crippen LogP contribution in [0.5, 0.6) is 5.75 Å². The van der Waals surface area contributed by atoms with Crippen LogP contribution in [0.2, 0.25) is 0 Å². The molecule has 0 aromatic heterocycles. The molecule has 2 aromatic rings. The van der Waals surface area contributed by atoms with Crippen LogP contribution in [-0.4, -0.2) is 17.9 Å². The molecule has 0 fully saturated rings. The number of anilines is 1. The smallest absolute Gasteiger partial charge is 0.191 e. The highest BCUT2D eigenvalue weighted by atomic mass is 32.1. The molecule has 5 heteroatoms. The van der Waals surface area contributed by atoms with Gasteiger partial charge in [-0.15, -0.1) is 0 Å².